The number of fused-ring (bicyclic) bond motifs is 5. The Labute approximate surface area is 220 Å². The van der Waals surface area contributed by atoms with Crippen molar-refractivity contribution < 1.29 is 29.7 Å². The van der Waals surface area contributed by atoms with Crippen molar-refractivity contribution in [2.75, 3.05) is 19.7 Å². The molecule has 2 aromatic rings. The number of hydrogen-bond acceptors (Lipinski definition) is 9. The Bertz CT molecular complexity index is 1160. The summed E-state index contributed by atoms with van der Waals surface area (Å²) in [7, 11) is 0. The third-order valence-electron chi connectivity index (χ3n) is 6.43. The minimum atomic E-state index is -1.14. The Balaban J connectivity index is 2.06. The van der Waals surface area contributed by atoms with E-state index in [2.05, 4.69) is 16.0 Å². The van der Waals surface area contributed by atoms with Crippen LogP contribution in [0.25, 0.3) is 11.1 Å². The molecule has 0 radical (unpaired) electrons. The number of aliphatic hydroxyl groups is 1. The maximum atomic E-state index is 13.3. The predicted molar refractivity (Wildman–Crippen MR) is 141 cm³/mol. The number of amides is 3. The molecule has 3 amide bonds. The van der Waals surface area contributed by atoms with Crippen LogP contribution in [0.4, 0.5) is 0 Å². The Morgan fingerprint density at radius 1 is 1.00 bits per heavy atom. The van der Waals surface area contributed by atoms with Gasteiger partial charge < -0.3 is 48.5 Å². The summed E-state index contributed by atoms with van der Waals surface area (Å²) in [5, 5.41) is 38.1. The molecule has 206 valence electrons. The van der Waals surface area contributed by atoms with Gasteiger partial charge in [0.1, 0.15) is 23.6 Å². The van der Waals surface area contributed by atoms with E-state index in [-0.39, 0.29) is 50.5 Å². The van der Waals surface area contributed by atoms with E-state index in [1.54, 1.807) is 24.3 Å². The van der Waals surface area contributed by atoms with Crippen LogP contribution in [0.5, 0.6) is 11.5 Å². The highest BCUT2D eigenvalue weighted by Crippen LogP contribution is 2.30. The van der Waals surface area contributed by atoms with Crippen molar-refractivity contribution in [3.05, 3.63) is 47.5 Å². The predicted octanol–water partition coefficient (Wildman–Crippen LogP) is -1.66. The van der Waals surface area contributed by atoms with Crippen LogP contribution in [-0.4, -0.2) is 76.9 Å². The lowest BCUT2D eigenvalue weighted by Crippen LogP contribution is -2.57. The smallest absolute Gasteiger partial charge is 0.243 e. The highest BCUT2D eigenvalue weighted by atomic mass is 16.3. The fourth-order valence-corrected chi connectivity index (χ4v) is 4.18. The molecule has 3 rings (SSSR count). The maximum Gasteiger partial charge on any atom is 0.243 e. The summed E-state index contributed by atoms with van der Waals surface area (Å²) < 4.78 is 0. The Hall–Kier alpha value is -3.71. The number of phenolic OH excluding ortho intramolecular Hbond substituents is 2. The first kappa shape index (κ1) is 28.9. The second kappa shape index (κ2) is 13.2. The number of aromatic hydroxyl groups is 2. The van der Waals surface area contributed by atoms with E-state index >= 15 is 0 Å². The zero-order valence-electron chi connectivity index (χ0n) is 21.0. The van der Waals surface area contributed by atoms with Gasteiger partial charge >= 0.3 is 0 Å². The first-order valence-electron chi connectivity index (χ1n) is 12.5. The summed E-state index contributed by atoms with van der Waals surface area (Å²) in [5.74, 6) is -1.92. The summed E-state index contributed by atoms with van der Waals surface area (Å²) in [5.41, 5.74) is 19.7. The lowest BCUT2D eigenvalue weighted by Gasteiger charge is -2.25. The molecule has 0 aromatic heterocycles. The van der Waals surface area contributed by atoms with Crippen LogP contribution in [0.15, 0.2) is 36.4 Å². The third-order valence-corrected chi connectivity index (χ3v) is 6.43. The number of carbonyl (C=O) groups is 3. The van der Waals surface area contributed by atoms with E-state index in [4.69, 9.17) is 17.2 Å². The summed E-state index contributed by atoms with van der Waals surface area (Å²) in [4.78, 5) is 39.3. The van der Waals surface area contributed by atoms with Crippen LogP contribution >= 0.6 is 0 Å². The molecule has 12 heteroatoms. The monoisotopic (exact) mass is 528 g/mol. The molecule has 0 spiro atoms. The van der Waals surface area contributed by atoms with Crippen LogP contribution in [0.2, 0.25) is 0 Å². The molecule has 0 saturated heterocycles. The van der Waals surface area contributed by atoms with Crippen LogP contribution < -0.4 is 33.2 Å². The van der Waals surface area contributed by atoms with Gasteiger partial charge in [-0.2, -0.15) is 0 Å². The number of benzene rings is 2. The molecular formula is C26H36N6O6. The second-order valence-electron chi connectivity index (χ2n) is 9.44. The summed E-state index contributed by atoms with van der Waals surface area (Å²) in [6, 6.07) is 5.79. The number of nitrogens with two attached hydrogens (primary N) is 3. The Morgan fingerprint density at radius 3 is 2.18 bits per heavy atom. The Kier molecular flexibility index (Phi) is 10.0. The van der Waals surface area contributed by atoms with Gasteiger partial charge in [0, 0.05) is 25.4 Å². The van der Waals surface area contributed by atoms with Crippen molar-refractivity contribution in [3.8, 4) is 22.6 Å². The van der Waals surface area contributed by atoms with Crippen molar-refractivity contribution in [3.63, 3.8) is 0 Å². The summed E-state index contributed by atoms with van der Waals surface area (Å²) >= 11 is 0. The average Bonchev–Trinajstić information content (AvgIpc) is 2.90. The van der Waals surface area contributed by atoms with Gasteiger partial charge in [-0.05, 0) is 65.9 Å². The molecule has 0 aliphatic carbocycles. The molecule has 38 heavy (non-hydrogen) atoms. The fraction of sp³-hybridized carbons (Fsp3) is 0.423. The van der Waals surface area contributed by atoms with E-state index < -0.39 is 41.9 Å². The van der Waals surface area contributed by atoms with Crippen LogP contribution in [0, 0.1) is 0 Å². The molecule has 1 heterocycles. The lowest BCUT2D eigenvalue weighted by atomic mass is 9.95. The van der Waals surface area contributed by atoms with Gasteiger partial charge in [0.05, 0.1) is 12.6 Å². The van der Waals surface area contributed by atoms with Gasteiger partial charge in [-0.25, -0.2) is 0 Å². The first-order chi connectivity index (χ1) is 18.1. The van der Waals surface area contributed by atoms with E-state index in [1.165, 1.54) is 12.1 Å². The number of hydrogen-bond donors (Lipinski definition) is 9. The second-order valence-corrected chi connectivity index (χ2v) is 9.44. The summed E-state index contributed by atoms with van der Waals surface area (Å²) in [6.45, 7) is -0.107. The van der Waals surface area contributed by atoms with Crippen molar-refractivity contribution in [1.29, 1.82) is 0 Å². The number of carbonyl (C=O) groups excluding carboxylic acids is 3. The van der Waals surface area contributed by atoms with Crippen LogP contribution in [0.3, 0.4) is 0 Å². The number of aliphatic hydroxyl groups excluding tert-OH is 1. The SMILES string of the molecule is NCCC[C@H]1NC(=O)[C@@H](N)Cc2cc(ccc2O)-c2ccc(O)c(c2)C[C@H](C(=O)NC[C@H](N)CO)NC1=O. The number of rotatable bonds is 7. The molecular weight excluding hydrogens is 492 g/mol. The molecule has 12 N–H and O–H groups in total. The van der Waals surface area contributed by atoms with Gasteiger partial charge in [0.2, 0.25) is 17.7 Å². The zero-order chi connectivity index (χ0) is 27.8. The Morgan fingerprint density at radius 2 is 1.61 bits per heavy atom. The van der Waals surface area contributed by atoms with Crippen molar-refractivity contribution >= 4 is 17.7 Å². The zero-order valence-corrected chi connectivity index (χ0v) is 21.0. The van der Waals surface area contributed by atoms with E-state index in [0.29, 0.717) is 28.7 Å². The molecule has 4 atom stereocenters. The quantitative estimate of drug-likeness (QED) is 0.200. The molecule has 4 bridgehead atoms. The van der Waals surface area contributed by atoms with Crippen molar-refractivity contribution in [1.82, 2.24) is 16.0 Å². The van der Waals surface area contributed by atoms with Crippen LogP contribution in [-0.2, 0) is 27.2 Å². The van der Waals surface area contributed by atoms with Gasteiger partial charge in [-0.15, -0.1) is 0 Å². The van der Waals surface area contributed by atoms with Crippen molar-refractivity contribution in [2.24, 2.45) is 17.2 Å². The molecule has 0 unspecified atom stereocenters. The largest absolute Gasteiger partial charge is 0.508 e. The van der Waals surface area contributed by atoms with E-state index in [1.807, 2.05) is 0 Å². The van der Waals surface area contributed by atoms with Gasteiger partial charge in [-0.3, -0.25) is 14.4 Å². The third kappa shape index (κ3) is 7.42. The normalized spacial score (nSPS) is 20.9. The molecule has 2 aromatic carbocycles. The molecule has 0 saturated carbocycles. The van der Waals surface area contributed by atoms with E-state index in [9.17, 15) is 29.7 Å². The minimum Gasteiger partial charge on any atom is -0.508 e. The molecule has 1 aliphatic heterocycles. The standard InChI is InChI=1S/C26H36N6O6/c27-7-1-2-20-26(38)32-21(25(37)30-12-18(28)13-33)11-17-9-15(4-6-23(17)35)14-3-5-22(34)16(8-14)10-19(29)24(36)31-20/h3-6,8-9,18-21,33-35H,1-2,7,10-13,27-29H2,(H,30,37)(H,31,36)(H,32,38)/t18-,19-,20+,21+/m0/s1. The first-order valence-corrected chi connectivity index (χ1v) is 12.5. The minimum absolute atomic E-state index is 0.0117. The number of phenols is 2. The topological polar surface area (TPSA) is 226 Å². The summed E-state index contributed by atoms with van der Waals surface area (Å²) in [6.07, 6.45) is 0.554. The van der Waals surface area contributed by atoms with Gasteiger partial charge in [0.25, 0.3) is 0 Å². The lowest BCUT2D eigenvalue weighted by molar-refractivity contribution is -0.132. The van der Waals surface area contributed by atoms with Gasteiger partial charge in [-0.1, -0.05) is 12.1 Å². The molecule has 1 aliphatic rings. The van der Waals surface area contributed by atoms with Crippen LogP contribution in [0.1, 0.15) is 24.0 Å². The highest BCUT2D eigenvalue weighted by Gasteiger charge is 2.29. The molecule has 12 nitrogen and oxygen atoms in total. The average molecular weight is 529 g/mol. The van der Waals surface area contributed by atoms with Gasteiger partial charge in [0.15, 0.2) is 0 Å². The van der Waals surface area contributed by atoms with Crippen molar-refractivity contribution in [2.45, 2.75) is 49.9 Å². The van der Waals surface area contributed by atoms with E-state index in [0.717, 1.165) is 0 Å². The highest BCUT2D eigenvalue weighted by molar-refractivity contribution is 5.93. The number of nitrogens with one attached hydrogen (secondary N) is 3. The molecule has 0 fully saturated rings. The fourth-order valence-electron chi connectivity index (χ4n) is 4.18. The maximum absolute atomic E-state index is 13.3.